The highest BCUT2D eigenvalue weighted by molar-refractivity contribution is 6.19. The second kappa shape index (κ2) is 10.7. The summed E-state index contributed by atoms with van der Waals surface area (Å²) >= 11 is 0. The van der Waals surface area contributed by atoms with E-state index in [0.29, 0.717) is 5.56 Å². The van der Waals surface area contributed by atoms with Gasteiger partial charge in [0.15, 0.2) is 0 Å². The van der Waals surface area contributed by atoms with E-state index >= 15 is 0 Å². The van der Waals surface area contributed by atoms with Crippen LogP contribution < -0.4 is 0 Å². The van der Waals surface area contributed by atoms with Crippen molar-refractivity contribution in [3.05, 3.63) is 169 Å². The van der Waals surface area contributed by atoms with E-state index in [4.69, 9.17) is 8.83 Å². The van der Waals surface area contributed by atoms with Gasteiger partial charge in [0.1, 0.15) is 22.3 Å². The molecule has 8 aromatic carbocycles. The van der Waals surface area contributed by atoms with Crippen LogP contribution in [0.2, 0.25) is 0 Å². The summed E-state index contributed by atoms with van der Waals surface area (Å²) in [5.41, 5.74) is 12.4. The molecule has 250 valence electrons. The molecule has 54 heavy (non-hydrogen) atoms. The zero-order chi connectivity index (χ0) is 35.5. The molecular formula is C49H27N3O2. The number of hydrogen-bond acceptors (Lipinski definition) is 3. The van der Waals surface area contributed by atoms with Crippen molar-refractivity contribution in [1.82, 2.24) is 9.13 Å². The lowest BCUT2D eigenvalue weighted by atomic mass is 10.0. The summed E-state index contributed by atoms with van der Waals surface area (Å²) in [5, 5.41) is 19.2. The van der Waals surface area contributed by atoms with Crippen LogP contribution in [-0.4, -0.2) is 9.13 Å². The highest BCUT2D eigenvalue weighted by atomic mass is 16.3. The molecule has 0 aliphatic carbocycles. The summed E-state index contributed by atoms with van der Waals surface area (Å²) in [4.78, 5) is 0. The fourth-order valence-corrected chi connectivity index (χ4v) is 8.76. The maximum atomic E-state index is 10.2. The minimum absolute atomic E-state index is 0.595. The molecule has 4 aromatic heterocycles. The molecule has 0 saturated carbocycles. The standard InChI is InChI=1S/C49H27N3O2/c50-28-29-20-21-32(43(22-29)52-42-17-6-2-13-34(42)38-25-40-36-15-4-8-19-47(36)54-49(40)27-45(38)52)30-10-9-11-31(23-30)51-41-16-5-1-12-33(41)37-24-39-35-14-3-7-18-46(35)53-48(39)26-44(37)51/h1-27H. The molecule has 12 rings (SSSR count). The summed E-state index contributed by atoms with van der Waals surface area (Å²) in [7, 11) is 0. The maximum Gasteiger partial charge on any atom is 0.137 e. The molecule has 0 atom stereocenters. The molecule has 0 spiro atoms. The Morgan fingerprint density at radius 2 is 0.944 bits per heavy atom. The van der Waals surface area contributed by atoms with Crippen LogP contribution in [0.25, 0.3) is 110 Å². The van der Waals surface area contributed by atoms with Crippen molar-refractivity contribution in [2.75, 3.05) is 0 Å². The number of para-hydroxylation sites is 4. The number of aromatic nitrogens is 2. The van der Waals surface area contributed by atoms with Crippen LogP contribution in [0.1, 0.15) is 5.56 Å². The molecule has 5 heteroatoms. The third-order valence-electron chi connectivity index (χ3n) is 11.1. The predicted octanol–water partition coefficient (Wildman–Crippen LogP) is 13.2. The Bertz CT molecular complexity index is 3590. The minimum Gasteiger partial charge on any atom is -0.456 e. The quantitative estimate of drug-likeness (QED) is 0.185. The molecule has 0 bridgehead atoms. The van der Waals surface area contributed by atoms with Crippen molar-refractivity contribution in [2.24, 2.45) is 0 Å². The maximum absolute atomic E-state index is 10.2. The number of hydrogen-bond donors (Lipinski definition) is 0. The van der Waals surface area contributed by atoms with Gasteiger partial charge in [-0.3, -0.25) is 0 Å². The van der Waals surface area contributed by atoms with Crippen LogP contribution in [0.4, 0.5) is 0 Å². The van der Waals surface area contributed by atoms with Crippen LogP contribution in [-0.2, 0) is 0 Å². The molecule has 12 aromatic rings. The molecule has 5 nitrogen and oxygen atoms in total. The zero-order valence-electron chi connectivity index (χ0n) is 28.7. The summed E-state index contributed by atoms with van der Waals surface area (Å²) in [6.07, 6.45) is 0. The average molecular weight is 690 g/mol. The van der Waals surface area contributed by atoms with Gasteiger partial charge in [-0.15, -0.1) is 0 Å². The highest BCUT2D eigenvalue weighted by Crippen LogP contribution is 2.42. The van der Waals surface area contributed by atoms with Crippen LogP contribution in [0.15, 0.2) is 173 Å². The van der Waals surface area contributed by atoms with Crippen molar-refractivity contribution in [1.29, 1.82) is 5.26 Å². The monoisotopic (exact) mass is 689 g/mol. The van der Waals surface area contributed by atoms with Gasteiger partial charge >= 0.3 is 0 Å². The highest BCUT2D eigenvalue weighted by Gasteiger charge is 2.21. The first-order chi connectivity index (χ1) is 26.7. The van der Waals surface area contributed by atoms with E-state index in [1.54, 1.807) is 0 Å². The SMILES string of the molecule is N#Cc1ccc(-c2cccc(-n3c4ccccc4c4cc5c(cc43)oc3ccccc35)c2)c(-n2c3ccccc3c3cc4c(cc32)oc2ccccc24)c1. The first-order valence-corrected chi connectivity index (χ1v) is 18.1. The number of nitriles is 1. The van der Waals surface area contributed by atoms with Crippen LogP contribution in [0.3, 0.4) is 0 Å². The number of rotatable bonds is 3. The van der Waals surface area contributed by atoms with E-state index < -0.39 is 0 Å². The Morgan fingerprint density at radius 1 is 0.389 bits per heavy atom. The molecule has 0 aliphatic heterocycles. The summed E-state index contributed by atoms with van der Waals surface area (Å²) < 4.78 is 17.4. The first-order valence-electron chi connectivity index (χ1n) is 18.1. The van der Waals surface area contributed by atoms with E-state index in [2.05, 4.69) is 143 Å². The Morgan fingerprint density at radius 3 is 1.57 bits per heavy atom. The smallest absolute Gasteiger partial charge is 0.137 e. The van der Waals surface area contributed by atoms with Crippen LogP contribution in [0, 0.1) is 11.3 Å². The molecule has 0 saturated heterocycles. The summed E-state index contributed by atoms with van der Waals surface area (Å²) in [6.45, 7) is 0. The molecule has 4 heterocycles. The molecule has 0 aliphatic rings. The third kappa shape index (κ3) is 3.97. The molecule has 0 fully saturated rings. The van der Waals surface area contributed by atoms with Crippen molar-refractivity contribution in [3.63, 3.8) is 0 Å². The van der Waals surface area contributed by atoms with Gasteiger partial charge in [-0.2, -0.15) is 5.26 Å². The van der Waals surface area contributed by atoms with Gasteiger partial charge in [-0.1, -0.05) is 91.0 Å². The Labute approximate surface area is 307 Å². The Hall–Kier alpha value is -7.55. The number of furan rings is 2. The van der Waals surface area contributed by atoms with Gasteiger partial charge in [0.05, 0.1) is 39.4 Å². The van der Waals surface area contributed by atoms with Gasteiger partial charge in [0, 0.05) is 66.5 Å². The number of fused-ring (bicyclic) bond motifs is 12. The van der Waals surface area contributed by atoms with Gasteiger partial charge in [-0.25, -0.2) is 0 Å². The van der Waals surface area contributed by atoms with Crippen molar-refractivity contribution in [2.45, 2.75) is 0 Å². The third-order valence-corrected chi connectivity index (χ3v) is 11.1. The molecule has 0 radical (unpaired) electrons. The van der Waals surface area contributed by atoms with Crippen LogP contribution in [0.5, 0.6) is 0 Å². The molecule has 0 unspecified atom stereocenters. The lowest BCUT2D eigenvalue weighted by Gasteiger charge is -2.16. The topological polar surface area (TPSA) is 59.9 Å². The normalized spacial score (nSPS) is 12.1. The van der Waals surface area contributed by atoms with Crippen molar-refractivity contribution in [3.8, 4) is 28.6 Å². The largest absolute Gasteiger partial charge is 0.456 e. The van der Waals surface area contributed by atoms with E-state index in [1.807, 2.05) is 36.4 Å². The molecule has 0 N–H and O–H groups in total. The second-order valence-electron chi connectivity index (χ2n) is 14.0. The fraction of sp³-hybridized carbons (Fsp3) is 0. The van der Waals surface area contributed by atoms with Crippen molar-refractivity contribution < 1.29 is 8.83 Å². The summed E-state index contributed by atoms with van der Waals surface area (Å²) in [5.74, 6) is 0. The van der Waals surface area contributed by atoms with E-state index in [-0.39, 0.29) is 0 Å². The number of benzene rings is 8. The Kier molecular flexibility index (Phi) is 5.78. The minimum atomic E-state index is 0.595. The lowest BCUT2D eigenvalue weighted by molar-refractivity contribution is 0.669. The van der Waals surface area contributed by atoms with Gasteiger partial charge in [0.25, 0.3) is 0 Å². The molecular weight excluding hydrogens is 663 g/mol. The number of nitrogens with zero attached hydrogens (tertiary/aromatic N) is 3. The first kappa shape index (κ1) is 29.1. The van der Waals surface area contributed by atoms with E-state index in [0.717, 1.165) is 99.2 Å². The van der Waals surface area contributed by atoms with Gasteiger partial charge in [-0.05, 0) is 66.2 Å². The molecule has 0 amide bonds. The summed E-state index contributed by atoms with van der Waals surface area (Å²) in [6, 6.07) is 59.5. The van der Waals surface area contributed by atoms with Crippen molar-refractivity contribution >= 4 is 87.5 Å². The Balaban J connectivity index is 1.12. The van der Waals surface area contributed by atoms with Gasteiger partial charge < -0.3 is 18.0 Å². The fourth-order valence-electron chi connectivity index (χ4n) is 8.76. The predicted molar refractivity (Wildman–Crippen MR) is 220 cm³/mol. The zero-order valence-corrected chi connectivity index (χ0v) is 28.7. The van der Waals surface area contributed by atoms with E-state index in [9.17, 15) is 5.26 Å². The lowest BCUT2D eigenvalue weighted by Crippen LogP contribution is -1.99. The second-order valence-corrected chi connectivity index (χ2v) is 14.0. The van der Waals surface area contributed by atoms with E-state index in [1.165, 1.54) is 10.8 Å². The average Bonchev–Trinajstić information content (AvgIpc) is 3.96. The van der Waals surface area contributed by atoms with Gasteiger partial charge in [0.2, 0.25) is 0 Å². The van der Waals surface area contributed by atoms with Crippen LogP contribution >= 0.6 is 0 Å².